The van der Waals surface area contributed by atoms with Gasteiger partial charge in [0.1, 0.15) is 5.75 Å². The molecule has 2 rings (SSSR count). The van der Waals surface area contributed by atoms with E-state index in [1.807, 2.05) is 0 Å². The Morgan fingerprint density at radius 3 is 2.45 bits per heavy atom. The first-order chi connectivity index (χ1) is 10.7. The maximum Gasteiger partial charge on any atom is 0.255 e. The summed E-state index contributed by atoms with van der Waals surface area (Å²) in [6, 6.07) is 3.28. The van der Waals surface area contributed by atoms with Crippen molar-refractivity contribution in [2.75, 3.05) is 41.1 Å². The predicted molar refractivity (Wildman–Crippen MR) is 82.0 cm³/mol. The lowest BCUT2D eigenvalue weighted by Crippen LogP contribution is -2.26. The van der Waals surface area contributed by atoms with Gasteiger partial charge in [-0.1, -0.05) is 0 Å². The average Bonchev–Trinajstić information content (AvgIpc) is 3.06. The summed E-state index contributed by atoms with van der Waals surface area (Å²) in [5, 5.41) is 2.92. The number of hydrogen-bond acceptors (Lipinski definition) is 5. The number of carbonyl (C=O) groups is 1. The minimum atomic E-state index is -0.184. The van der Waals surface area contributed by atoms with Crippen molar-refractivity contribution in [3.63, 3.8) is 0 Å². The Kier molecular flexibility index (Phi) is 5.89. The highest BCUT2D eigenvalue weighted by Crippen LogP contribution is 2.34. The van der Waals surface area contributed by atoms with E-state index in [0.29, 0.717) is 35.3 Å². The van der Waals surface area contributed by atoms with Gasteiger partial charge in [0, 0.05) is 31.9 Å². The quantitative estimate of drug-likeness (QED) is 0.833. The number of nitrogens with one attached hydrogen (secondary N) is 1. The monoisotopic (exact) mass is 309 g/mol. The molecule has 0 saturated carbocycles. The predicted octanol–water partition coefficient (Wildman–Crippen LogP) is 1.87. The van der Waals surface area contributed by atoms with Crippen molar-refractivity contribution in [3.8, 4) is 17.2 Å². The highest BCUT2D eigenvalue weighted by atomic mass is 16.5. The number of benzene rings is 1. The fourth-order valence-corrected chi connectivity index (χ4v) is 2.50. The maximum absolute atomic E-state index is 12.3. The van der Waals surface area contributed by atoms with Crippen LogP contribution in [-0.4, -0.2) is 47.0 Å². The second kappa shape index (κ2) is 7.89. The number of methoxy groups -OCH3 is 3. The van der Waals surface area contributed by atoms with Crippen molar-refractivity contribution in [2.45, 2.75) is 12.8 Å². The molecule has 0 aliphatic carbocycles. The van der Waals surface area contributed by atoms with Crippen LogP contribution in [0.2, 0.25) is 0 Å². The van der Waals surface area contributed by atoms with Gasteiger partial charge in [-0.2, -0.15) is 0 Å². The molecule has 1 atom stereocenters. The van der Waals surface area contributed by atoms with Crippen molar-refractivity contribution >= 4 is 5.91 Å². The molecule has 1 aromatic rings. The molecule has 1 aliphatic heterocycles. The Morgan fingerprint density at radius 1 is 1.18 bits per heavy atom. The van der Waals surface area contributed by atoms with E-state index in [0.717, 1.165) is 26.1 Å². The first-order valence-electron chi connectivity index (χ1n) is 7.35. The topological polar surface area (TPSA) is 66.0 Å². The van der Waals surface area contributed by atoms with E-state index < -0.39 is 0 Å². The molecule has 0 aromatic heterocycles. The van der Waals surface area contributed by atoms with Gasteiger partial charge in [0.15, 0.2) is 11.5 Å². The Morgan fingerprint density at radius 2 is 1.86 bits per heavy atom. The van der Waals surface area contributed by atoms with Gasteiger partial charge in [0.05, 0.1) is 26.9 Å². The van der Waals surface area contributed by atoms with Gasteiger partial charge in [-0.15, -0.1) is 0 Å². The molecule has 0 unspecified atom stereocenters. The molecule has 0 radical (unpaired) electrons. The van der Waals surface area contributed by atoms with E-state index in [-0.39, 0.29) is 5.91 Å². The Labute approximate surface area is 130 Å². The molecule has 1 aromatic carbocycles. The lowest BCUT2D eigenvalue weighted by Gasteiger charge is -2.14. The smallest absolute Gasteiger partial charge is 0.255 e. The van der Waals surface area contributed by atoms with Crippen LogP contribution in [0.4, 0.5) is 0 Å². The number of carbonyl (C=O) groups excluding carboxylic acids is 1. The average molecular weight is 309 g/mol. The van der Waals surface area contributed by atoms with Gasteiger partial charge in [-0.3, -0.25) is 4.79 Å². The molecule has 1 heterocycles. The summed E-state index contributed by atoms with van der Waals surface area (Å²) in [5.41, 5.74) is 0.433. The van der Waals surface area contributed by atoms with Gasteiger partial charge < -0.3 is 24.3 Å². The Hall–Kier alpha value is -1.95. The zero-order valence-electron chi connectivity index (χ0n) is 13.3. The van der Waals surface area contributed by atoms with Crippen LogP contribution in [0.1, 0.15) is 23.2 Å². The third kappa shape index (κ3) is 3.82. The molecule has 6 nitrogen and oxygen atoms in total. The lowest BCUT2D eigenvalue weighted by atomic mass is 10.1. The highest BCUT2D eigenvalue weighted by molar-refractivity contribution is 5.97. The summed E-state index contributed by atoms with van der Waals surface area (Å²) >= 11 is 0. The highest BCUT2D eigenvalue weighted by Gasteiger charge is 2.19. The van der Waals surface area contributed by atoms with Crippen molar-refractivity contribution in [1.29, 1.82) is 0 Å². The molecule has 122 valence electrons. The van der Waals surface area contributed by atoms with Crippen molar-refractivity contribution in [2.24, 2.45) is 5.92 Å². The van der Waals surface area contributed by atoms with Gasteiger partial charge in [0.2, 0.25) is 0 Å². The van der Waals surface area contributed by atoms with Crippen molar-refractivity contribution in [1.82, 2.24) is 5.32 Å². The number of ether oxygens (including phenoxy) is 4. The molecule has 1 saturated heterocycles. The van der Waals surface area contributed by atoms with E-state index >= 15 is 0 Å². The minimum Gasteiger partial charge on any atom is -0.496 e. The standard InChI is InChI=1S/C16H23NO5/c1-19-13-9-15(21-3)14(20-2)8-12(13)16(18)17-6-4-11-5-7-22-10-11/h8-9,11H,4-7,10H2,1-3H3,(H,17,18)/t11-/m1/s1. The fourth-order valence-electron chi connectivity index (χ4n) is 2.50. The Bertz CT molecular complexity index is 512. The molecule has 1 N–H and O–H groups in total. The summed E-state index contributed by atoms with van der Waals surface area (Å²) in [4.78, 5) is 12.3. The van der Waals surface area contributed by atoms with Crippen LogP contribution in [0.5, 0.6) is 17.2 Å². The summed E-state index contributed by atoms with van der Waals surface area (Å²) in [5.74, 6) is 1.83. The van der Waals surface area contributed by atoms with Crippen LogP contribution in [0.25, 0.3) is 0 Å². The molecule has 6 heteroatoms. The molecule has 22 heavy (non-hydrogen) atoms. The number of hydrogen-bond donors (Lipinski definition) is 1. The largest absolute Gasteiger partial charge is 0.496 e. The second-order valence-corrected chi connectivity index (χ2v) is 5.18. The number of amides is 1. The van der Waals surface area contributed by atoms with Crippen molar-refractivity contribution < 1.29 is 23.7 Å². The van der Waals surface area contributed by atoms with E-state index in [1.165, 1.54) is 14.2 Å². The third-order valence-corrected chi connectivity index (χ3v) is 3.81. The van der Waals surface area contributed by atoms with Gasteiger partial charge in [0.25, 0.3) is 5.91 Å². The summed E-state index contributed by atoms with van der Waals surface area (Å²) < 4.78 is 21.0. The first kappa shape index (κ1) is 16.4. The van der Waals surface area contributed by atoms with Crippen LogP contribution < -0.4 is 19.5 Å². The number of rotatable bonds is 7. The minimum absolute atomic E-state index is 0.184. The van der Waals surface area contributed by atoms with Crippen LogP contribution in [0.15, 0.2) is 12.1 Å². The van der Waals surface area contributed by atoms with Crippen LogP contribution in [-0.2, 0) is 4.74 Å². The lowest BCUT2D eigenvalue weighted by molar-refractivity contribution is 0.0947. The fraction of sp³-hybridized carbons (Fsp3) is 0.562. The molecule has 1 fully saturated rings. The van der Waals surface area contributed by atoms with E-state index in [2.05, 4.69) is 5.32 Å². The van der Waals surface area contributed by atoms with Gasteiger partial charge in [-0.25, -0.2) is 0 Å². The summed E-state index contributed by atoms with van der Waals surface area (Å²) in [7, 11) is 4.60. The molecule has 0 spiro atoms. The van der Waals surface area contributed by atoms with Crippen LogP contribution in [0.3, 0.4) is 0 Å². The Balaban J connectivity index is 2.03. The third-order valence-electron chi connectivity index (χ3n) is 3.81. The van der Waals surface area contributed by atoms with Crippen LogP contribution in [0, 0.1) is 5.92 Å². The van der Waals surface area contributed by atoms with Gasteiger partial charge in [-0.05, 0) is 18.8 Å². The van der Waals surface area contributed by atoms with E-state index in [9.17, 15) is 4.79 Å². The molecule has 1 aliphatic rings. The molecular weight excluding hydrogens is 286 g/mol. The zero-order chi connectivity index (χ0) is 15.9. The van der Waals surface area contributed by atoms with Crippen LogP contribution >= 0.6 is 0 Å². The van der Waals surface area contributed by atoms with Gasteiger partial charge >= 0.3 is 0 Å². The molecular formula is C16H23NO5. The maximum atomic E-state index is 12.3. The molecule has 0 bridgehead atoms. The first-order valence-corrected chi connectivity index (χ1v) is 7.35. The zero-order valence-corrected chi connectivity index (χ0v) is 13.3. The molecule has 1 amide bonds. The summed E-state index contributed by atoms with van der Waals surface area (Å²) in [6.07, 6.45) is 1.98. The second-order valence-electron chi connectivity index (χ2n) is 5.18. The normalized spacial score (nSPS) is 17.1. The SMILES string of the molecule is COc1cc(OC)c(C(=O)NCC[C@@H]2CCOC2)cc1OC. The summed E-state index contributed by atoms with van der Waals surface area (Å²) in [6.45, 7) is 2.22. The van der Waals surface area contributed by atoms with E-state index in [1.54, 1.807) is 19.2 Å². The van der Waals surface area contributed by atoms with E-state index in [4.69, 9.17) is 18.9 Å². The van der Waals surface area contributed by atoms with Crippen molar-refractivity contribution in [3.05, 3.63) is 17.7 Å².